The van der Waals surface area contributed by atoms with E-state index in [2.05, 4.69) is 19.2 Å². The largest absolute Gasteiger partial charge is 0.315 e. The van der Waals surface area contributed by atoms with Gasteiger partial charge in [0.05, 0.1) is 9.82 Å². The molecule has 128 valence electrons. The van der Waals surface area contributed by atoms with E-state index in [1.165, 1.54) is 24.3 Å². The summed E-state index contributed by atoms with van der Waals surface area (Å²) in [5.74, 6) is 0.402. The van der Waals surface area contributed by atoms with E-state index in [0.29, 0.717) is 19.0 Å². The molecule has 1 heterocycles. The maximum Gasteiger partial charge on any atom is 0.269 e. The summed E-state index contributed by atoms with van der Waals surface area (Å²) >= 11 is 0. The summed E-state index contributed by atoms with van der Waals surface area (Å²) < 4.78 is 27.4. The van der Waals surface area contributed by atoms with Crippen molar-refractivity contribution in [1.82, 2.24) is 9.62 Å². The van der Waals surface area contributed by atoms with Gasteiger partial charge in [0, 0.05) is 31.3 Å². The molecule has 0 bridgehead atoms. The van der Waals surface area contributed by atoms with Crippen LogP contribution in [-0.2, 0) is 10.0 Å². The monoisotopic (exact) mass is 341 g/mol. The SMILES string of the molecule is CC(C)CCN([C@H]1CCNC1)S(=O)(=O)c1ccc([N+](=O)[O-])cc1. The van der Waals surface area contributed by atoms with E-state index >= 15 is 0 Å². The minimum absolute atomic E-state index is 0.0612. The third-order valence-electron chi connectivity index (χ3n) is 4.02. The highest BCUT2D eigenvalue weighted by Crippen LogP contribution is 2.24. The second kappa shape index (κ2) is 7.37. The number of rotatable bonds is 7. The molecule has 1 aliphatic heterocycles. The first kappa shape index (κ1) is 17.8. The quantitative estimate of drug-likeness (QED) is 0.605. The van der Waals surface area contributed by atoms with E-state index in [1.807, 2.05) is 0 Å². The molecule has 0 aromatic heterocycles. The lowest BCUT2D eigenvalue weighted by molar-refractivity contribution is -0.384. The second-order valence-electron chi connectivity index (χ2n) is 6.20. The van der Waals surface area contributed by atoms with Crippen molar-refractivity contribution in [3.63, 3.8) is 0 Å². The van der Waals surface area contributed by atoms with Crippen molar-refractivity contribution >= 4 is 15.7 Å². The number of nitrogens with one attached hydrogen (secondary N) is 1. The van der Waals surface area contributed by atoms with Crippen molar-refractivity contribution in [3.05, 3.63) is 34.4 Å². The zero-order valence-electron chi connectivity index (χ0n) is 13.4. The van der Waals surface area contributed by atoms with Gasteiger partial charge < -0.3 is 5.32 Å². The Bertz CT molecular complexity index is 637. The van der Waals surface area contributed by atoms with Gasteiger partial charge in [0.1, 0.15) is 0 Å². The third-order valence-corrected chi connectivity index (χ3v) is 5.99. The lowest BCUT2D eigenvalue weighted by Gasteiger charge is -2.28. The van der Waals surface area contributed by atoms with Crippen molar-refractivity contribution < 1.29 is 13.3 Å². The van der Waals surface area contributed by atoms with Gasteiger partial charge in [-0.1, -0.05) is 13.8 Å². The Labute approximate surface area is 136 Å². The van der Waals surface area contributed by atoms with Crippen LogP contribution in [0.1, 0.15) is 26.7 Å². The third kappa shape index (κ3) is 4.27. The van der Waals surface area contributed by atoms with E-state index in [4.69, 9.17) is 0 Å². The molecule has 0 spiro atoms. The number of benzene rings is 1. The zero-order chi connectivity index (χ0) is 17.0. The maximum atomic E-state index is 12.9. The lowest BCUT2D eigenvalue weighted by atomic mass is 10.1. The topological polar surface area (TPSA) is 92.6 Å². The van der Waals surface area contributed by atoms with Crippen molar-refractivity contribution in [2.45, 2.75) is 37.6 Å². The molecule has 8 heteroatoms. The molecule has 0 saturated carbocycles. The summed E-state index contributed by atoms with van der Waals surface area (Å²) in [7, 11) is -3.65. The molecular formula is C15H23N3O4S. The fraction of sp³-hybridized carbons (Fsp3) is 0.600. The van der Waals surface area contributed by atoms with Crippen molar-refractivity contribution in [2.75, 3.05) is 19.6 Å². The van der Waals surface area contributed by atoms with Gasteiger partial charge in [0.25, 0.3) is 5.69 Å². The molecule has 1 N–H and O–H groups in total. The van der Waals surface area contributed by atoms with Crippen molar-refractivity contribution in [3.8, 4) is 0 Å². The molecule has 1 atom stereocenters. The van der Waals surface area contributed by atoms with Crippen LogP contribution in [0.2, 0.25) is 0 Å². The number of nitro groups is 1. The number of nitro benzene ring substituents is 1. The highest BCUT2D eigenvalue weighted by Gasteiger charge is 2.33. The van der Waals surface area contributed by atoms with Crippen molar-refractivity contribution in [2.24, 2.45) is 5.92 Å². The molecule has 1 aliphatic rings. The van der Waals surface area contributed by atoms with Gasteiger partial charge in [0.2, 0.25) is 10.0 Å². The van der Waals surface area contributed by atoms with Crippen LogP contribution >= 0.6 is 0 Å². The summed E-state index contributed by atoms with van der Waals surface area (Å²) in [5.41, 5.74) is -0.111. The summed E-state index contributed by atoms with van der Waals surface area (Å²) in [4.78, 5) is 10.3. The van der Waals surface area contributed by atoms with Crippen LogP contribution in [0.25, 0.3) is 0 Å². The average Bonchev–Trinajstić information content (AvgIpc) is 3.01. The molecule has 7 nitrogen and oxygen atoms in total. The standard InChI is InChI=1S/C15H23N3O4S/c1-12(2)8-10-17(14-7-9-16-11-14)23(21,22)15-5-3-13(4-6-15)18(19)20/h3-6,12,14,16H,7-11H2,1-2H3/t14-/m0/s1. The lowest BCUT2D eigenvalue weighted by Crippen LogP contribution is -2.42. The summed E-state index contributed by atoms with van der Waals surface area (Å²) in [5, 5.41) is 13.9. The molecular weight excluding hydrogens is 318 g/mol. The van der Waals surface area contributed by atoms with E-state index in [9.17, 15) is 18.5 Å². The van der Waals surface area contributed by atoms with Crippen LogP contribution in [0.5, 0.6) is 0 Å². The fourth-order valence-electron chi connectivity index (χ4n) is 2.64. The molecule has 1 saturated heterocycles. The minimum Gasteiger partial charge on any atom is -0.315 e. The van der Waals surface area contributed by atoms with E-state index in [0.717, 1.165) is 19.4 Å². The molecule has 1 aromatic rings. The van der Waals surface area contributed by atoms with Gasteiger partial charge in [-0.3, -0.25) is 10.1 Å². The second-order valence-corrected chi connectivity index (χ2v) is 8.09. The molecule has 1 fully saturated rings. The Morgan fingerprint density at radius 2 is 2.00 bits per heavy atom. The normalized spacial score (nSPS) is 18.7. The van der Waals surface area contributed by atoms with E-state index in [-0.39, 0.29) is 16.6 Å². The first-order chi connectivity index (χ1) is 10.8. The van der Waals surface area contributed by atoms with Crippen molar-refractivity contribution in [1.29, 1.82) is 0 Å². The first-order valence-corrected chi connectivity index (χ1v) is 9.23. The van der Waals surface area contributed by atoms with Crippen LogP contribution in [0.3, 0.4) is 0 Å². The predicted molar refractivity (Wildman–Crippen MR) is 87.7 cm³/mol. The van der Waals surface area contributed by atoms with Crippen LogP contribution in [0.15, 0.2) is 29.2 Å². The Kier molecular flexibility index (Phi) is 5.72. The summed E-state index contributed by atoms with van der Waals surface area (Å²) in [6.45, 7) is 6.03. The minimum atomic E-state index is -3.65. The Hall–Kier alpha value is -1.51. The highest BCUT2D eigenvalue weighted by molar-refractivity contribution is 7.89. The average molecular weight is 341 g/mol. The first-order valence-electron chi connectivity index (χ1n) is 7.79. The van der Waals surface area contributed by atoms with Gasteiger partial charge >= 0.3 is 0 Å². The zero-order valence-corrected chi connectivity index (χ0v) is 14.3. The number of hydrogen-bond donors (Lipinski definition) is 1. The van der Waals surface area contributed by atoms with Gasteiger partial charge in [-0.15, -0.1) is 0 Å². The number of non-ortho nitro benzene ring substituents is 1. The van der Waals surface area contributed by atoms with Gasteiger partial charge in [0.15, 0.2) is 0 Å². The Morgan fingerprint density at radius 3 is 2.48 bits per heavy atom. The highest BCUT2D eigenvalue weighted by atomic mass is 32.2. The molecule has 0 amide bonds. The van der Waals surface area contributed by atoms with Gasteiger partial charge in [-0.25, -0.2) is 8.42 Å². The molecule has 1 aromatic carbocycles. The van der Waals surface area contributed by atoms with Gasteiger partial charge in [-0.05, 0) is 37.4 Å². The molecule has 0 aliphatic carbocycles. The van der Waals surface area contributed by atoms with E-state index in [1.54, 1.807) is 4.31 Å². The van der Waals surface area contributed by atoms with E-state index < -0.39 is 14.9 Å². The molecule has 0 radical (unpaired) electrons. The summed E-state index contributed by atoms with van der Waals surface area (Å²) in [6, 6.07) is 5.05. The van der Waals surface area contributed by atoms with Crippen LogP contribution < -0.4 is 5.32 Å². The molecule has 23 heavy (non-hydrogen) atoms. The Morgan fingerprint density at radius 1 is 1.35 bits per heavy atom. The van der Waals surface area contributed by atoms with Gasteiger partial charge in [-0.2, -0.15) is 4.31 Å². The van der Waals surface area contributed by atoms with Crippen LogP contribution in [-0.4, -0.2) is 43.3 Å². The molecule has 2 rings (SSSR count). The summed E-state index contributed by atoms with van der Waals surface area (Å²) in [6.07, 6.45) is 1.56. The van der Waals surface area contributed by atoms with Crippen LogP contribution in [0, 0.1) is 16.0 Å². The number of sulfonamides is 1. The number of nitrogens with zero attached hydrogens (tertiary/aromatic N) is 2. The Balaban J connectivity index is 2.28. The maximum absolute atomic E-state index is 12.9. The fourth-order valence-corrected chi connectivity index (χ4v) is 4.31. The van der Waals surface area contributed by atoms with Crippen LogP contribution in [0.4, 0.5) is 5.69 Å². The smallest absolute Gasteiger partial charge is 0.269 e. The number of hydrogen-bond acceptors (Lipinski definition) is 5. The molecule has 0 unspecified atom stereocenters. The predicted octanol–water partition coefficient (Wildman–Crippen LogP) is 1.99.